The predicted molar refractivity (Wildman–Crippen MR) is 141 cm³/mol. The van der Waals surface area contributed by atoms with E-state index in [1.807, 2.05) is 6.92 Å². The lowest BCUT2D eigenvalue weighted by Gasteiger charge is -2.23. The van der Waals surface area contributed by atoms with Gasteiger partial charge >= 0.3 is 0 Å². The van der Waals surface area contributed by atoms with Crippen molar-refractivity contribution in [2.75, 3.05) is 22.4 Å². The number of unbranched alkanes of at least 4 members (excludes halogenated alkanes) is 1. The number of rotatable bonds is 10. The average molecular weight is 514 g/mol. The van der Waals surface area contributed by atoms with Gasteiger partial charge in [-0.3, -0.25) is 13.9 Å². The van der Waals surface area contributed by atoms with E-state index in [2.05, 4.69) is 10.6 Å². The van der Waals surface area contributed by atoms with E-state index in [1.54, 1.807) is 72.8 Å². The van der Waals surface area contributed by atoms with Crippen molar-refractivity contribution in [1.82, 2.24) is 5.32 Å². The summed E-state index contributed by atoms with van der Waals surface area (Å²) in [6.45, 7) is 2.73. The lowest BCUT2D eigenvalue weighted by Crippen LogP contribution is -2.29. The summed E-state index contributed by atoms with van der Waals surface area (Å²) in [5, 5.41) is 6.19. The van der Waals surface area contributed by atoms with Crippen LogP contribution < -0.4 is 14.9 Å². The van der Waals surface area contributed by atoms with E-state index in [0.717, 1.165) is 24.7 Å². The second kappa shape index (κ2) is 11.9. The molecule has 0 aliphatic heterocycles. The molecule has 0 saturated heterocycles. The molecule has 0 unspecified atom stereocenters. The fourth-order valence-corrected chi connectivity index (χ4v) is 4.41. The van der Waals surface area contributed by atoms with Crippen molar-refractivity contribution in [3.63, 3.8) is 0 Å². The van der Waals surface area contributed by atoms with Crippen LogP contribution in [0.3, 0.4) is 0 Å². The van der Waals surface area contributed by atoms with Gasteiger partial charge in [-0.15, -0.1) is 0 Å². The van der Waals surface area contributed by atoms with Crippen LogP contribution in [0.5, 0.6) is 0 Å². The number of amides is 2. The van der Waals surface area contributed by atoms with Crippen molar-refractivity contribution in [2.24, 2.45) is 0 Å². The van der Waals surface area contributed by atoms with E-state index in [-0.39, 0.29) is 12.5 Å². The summed E-state index contributed by atoms with van der Waals surface area (Å²) in [6.07, 6.45) is 2.96. The first-order chi connectivity index (χ1) is 16.7. The second-order valence-corrected chi connectivity index (χ2v) is 10.4. The van der Waals surface area contributed by atoms with Gasteiger partial charge in [-0.05, 0) is 60.5 Å². The Hall–Kier alpha value is -3.36. The Morgan fingerprint density at radius 1 is 0.914 bits per heavy atom. The van der Waals surface area contributed by atoms with Crippen LogP contribution in [0.15, 0.2) is 72.8 Å². The van der Waals surface area contributed by atoms with Gasteiger partial charge in [0.2, 0.25) is 10.0 Å². The molecule has 0 bridgehead atoms. The molecule has 0 spiro atoms. The molecular formula is C26H28ClN3O4S. The highest BCUT2D eigenvalue weighted by Crippen LogP contribution is 2.23. The molecule has 0 saturated carbocycles. The summed E-state index contributed by atoms with van der Waals surface area (Å²) >= 11 is 5.92. The topological polar surface area (TPSA) is 95.6 Å². The number of carbonyl (C=O) groups excluding carboxylic acids is 2. The lowest BCUT2D eigenvalue weighted by molar-refractivity contribution is 0.0954. The Labute approximate surface area is 211 Å². The average Bonchev–Trinajstić information content (AvgIpc) is 2.83. The number of hydrogen-bond acceptors (Lipinski definition) is 4. The normalized spacial score (nSPS) is 11.1. The number of carbonyl (C=O) groups is 2. The molecule has 3 aromatic rings. The highest BCUT2D eigenvalue weighted by molar-refractivity contribution is 7.92. The molecule has 35 heavy (non-hydrogen) atoms. The van der Waals surface area contributed by atoms with E-state index in [4.69, 9.17) is 11.6 Å². The number of benzene rings is 3. The van der Waals surface area contributed by atoms with Crippen molar-refractivity contribution < 1.29 is 18.0 Å². The Balaban J connectivity index is 1.76. The third-order valence-electron chi connectivity index (χ3n) is 5.29. The van der Waals surface area contributed by atoms with Crippen LogP contribution in [-0.2, 0) is 16.6 Å². The van der Waals surface area contributed by atoms with E-state index >= 15 is 0 Å². The van der Waals surface area contributed by atoms with Crippen molar-refractivity contribution in [3.05, 3.63) is 94.5 Å². The maximum atomic E-state index is 12.9. The summed E-state index contributed by atoms with van der Waals surface area (Å²) < 4.78 is 26.1. The zero-order valence-electron chi connectivity index (χ0n) is 19.6. The molecular weight excluding hydrogens is 486 g/mol. The second-order valence-electron chi connectivity index (χ2n) is 8.05. The fraction of sp³-hybridized carbons (Fsp3) is 0.231. The molecule has 0 fully saturated rings. The largest absolute Gasteiger partial charge is 0.352 e. The van der Waals surface area contributed by atoms with E-state index in [1.165, 1.54) is 4.31 Å². The van der Waals surface area contributed by atoms with Gasteiger partial charge in [0.05, 0.1) is 29.7 Å². The molecule has 184 valence electrons. The van der Waals surface area contributed by atoms with E-state index < -0.39 is 15.9 Å². The lowest BCUT2D eigenvalue weighted by atomic mass is 10.1. The molecule has 3 rings (SSSR count). The van der Waals surface area contributed by atoms with Crippen molar-refractivity contribution in [3.8, 4) is 0 Å². The van der Waals surface area contributed by atoms with Crippen LogP contribution in [0.25, 0.3) is 0 Å². The Kier molecular flexibility index (Phi) is 8.89. The molecule has 2 amide bonds. The van der Waals surface area contributed by atoms with Crippen molar-refractivity contribution >= 4 is 44.8 Å². The number of anilines is 2. The zero-order valence-corrected chi connectivity index (χ0v) is 21.2. The number of sulfonamides is 1. The third-order valence-corrected chi connectivity index (χ3v) is 6.69. The van der Waals surface area contributed by atoms with Gasteiger partial charge in [0.1, 0.15) is 0 Å². The first-order valence-electron chi connectivity index (χ1n) is 11.2. The summed E-state index contributed by atoms with van der Waals surface area (Å²) in [7, 11) is -3.58. The smallest absolute Gasteiger partial charge is 0.255 e. The van der Waals surface area contributed by atoms with Crippen LogP contribution in [-0.4, -0.2) is 33.0 Å². The van der Waals surface area contributed by atoms with Gasteiger partial charge < -0.3 is 10.6 Å². The Morgan fingerprint density at radius 3 is 2.20 bits per heavy atom. The van der Waals surface area contributed by atoms with Crippen LogP contribution in [0, 0.1) is 0 Å². The molecule has 9 heteroatoms. The standard InChI is InChI=1S/C26H28ClN3O4S/c1-3-4-17-28-26(32)23-7-5-6-8-24(23)29-25(31)20-11-15-22(16-12-20)30(35(2,33)34)18-19-9-13-21(27)14-10-19/h5-16H,3-4,17-18H2,1-2H3,(H,28,32)(H,29,31). The fourth-order valence-electron chi connectivity index (χ4n) is 3.39. The molecule has 0 aliphatic rings. The maximum Gasteiger partial charge on any atom is 0.255 e. The van der Waals surface area contributed by atoms with Gasteiger partial charge in [0.25, 0.3) is 11.8 Å². The number of hydrogen-bond donors (Lipinski definition) is 2. The minimum atomic E-state index is -3.58. The monoisotopic (exact) mass is 513 g/mol. The molecule has 2 N–H and O–H groups in total. The number of para-hydroxylation sites is 1. The summed E-state index contributed by atoms with van der Waals surface area (Å²) in [5.41, 5.74) is 2.30. The molecule has 0 atom stereocenters. The number of nitrogens with one attached hydrogen (secondary N) is 2. The van der Waals surface area contributed by atoms with Crippen LogP contribution >= 0.6 is 11.6 Å². The van der Waals surface area contributed by atoms with E-state index in [0.29, 0.717) is 34.1 Å². The molecule has 0 aromatic heterocycles. The minimum absolute atomic E-state index is 0.127. The van der Waals surface area contributed by atoms with Crippen LogP contribution in [0.2, 0.25) is 5.02 Å². The molecule has 0 aliphatic carbocycles. The first kappa shape index (κ1) is 26.2. The molecule has 7 nitrogen and oxygen atoms in total. The Morgan fingerprint density at radius 2 is 1.57 bits per heavy atom. The molecule has 3 aromatic carbocycles. The number of nitrogens with zero attached hydrogens (tertiary/aromatic N) is 1. The summed E-state index contributed by atoms with van der Waals surface area (Å²) in [4.78, 5) is 25.4. The highest BCUT2D eigenvalue weighted by Gasteiger charge is 2.19. The zero-order chi connectivity index (χ0) is 25.4. The summed E-state index contributed by atoms with van der Waals surface area (Å²) in [5.74, 6) is -0.662. The first-order valence-corrected chi connectivity index (χ1v) is 13.4. The molecule has 0 heterocycles. The van der Waals surface area contributed by atoms with Gasteiger partial charge in [0.15, 0.2) is 0 Å². The minimum Gasteiger partial charge on any atom is -0.352 e. The van der Waals surface area contributed by atoms with Crippen LogP contribution in [0.1, 0.15) is 46.0 Å². The van der Waals surface area contributed by atoms with Crippen molar-refractivity contribution in [1.29, 1.82) is 0 Å². The van der Waals surface area contributed by atoms with Gasteiger partial charge in [-0.2, -0.15) is 0 Å². The van der Waals surface area contributed by atoms with Crippen molar-refractivity contribution in [2.45, 2.75) is 26.3 Å². The maximum absolute atomic E-state index is 12.9. The van der Waals surface area contributed by atoms with Gasteiger partial charge in [0, 0.05) is 17.1 Å². The SMILES string of the molecule is CCCCNC(=O)c1ccccc1NC(=O)c1ccc(N(Cc2ccc(Cl)cc2)S(C)(=O)=O)cc1. The molecule has 0 radical (unpaired) electrons. The van der Waals surface area contributed by atoms with Gasteiger partial charge in [-0.1, -0.05) is 49.2 Å². The third kappa shape index (κ3) is 7.31. The highest BCUT2D eigenvalue weighted by atomic mass is 35.5. The number of halogens is 1. The predicted octanol–water partition coefficient (Wildman–Crippen LogP) is 5.09. The van der Waals surface area contributed by atoms with Crippen LogP contribution in [0.4, 0.5) is 11.4 Å². The van der Waals surface area contributed by atoms with E-state index in [9.17, 15) is 18.0 Å². The van der Waals surface area contributed by atoms with Gasteiger partial charge in [-0.25, -0.2) is 8.42 Å². The Bertz CT molecular complexity index is 1280. The summed E-state index contributed by atoms with van der Waals surface area (Å²) in [6, 6.07) is 20.0. The quantitative estimate of drug-likeness (QED) is 0.369.